The molecule has 6 heteroatoms. The molecule has 2 unspecified atom stereocenters. The molecule has 1 aliphatic rings. The molecule has 1 aromatic carbocycles. The smallest absolute Gasteiger partial charge is 0.321 e. The number of thioether (sulfide) groups is 1. The van der Waals surface area contributed by atoms with Gasteiger partial charge in [0.2, 0.25) is 0 Å². The van der Waals surface area contributed by atoms with Crippen LogP contribution in [0.4, 0.5) is 4.39 Å². The van der Waals surface area contributed by atoms with Crippen LogP contribution >= 0.6 is 23.4 Å². The molecule has 1 fully saturated rings. The number of nitrogens with one attached hydrogen (secondary N) is 1. The van der Waals surface area contributed by atoms with Gasteiger partial charge in [0.05, 0.1) is 10.4 Å². The first-order valence-corrected chi connectivity index (χ1v) is 6.06. The molecule has 2 rings (SSSR count). The Balaban J connectivity index is 2.14. The SMILES string of the molecule is O=C(O)C1CSC(c2ccc(F)c(Cl)c2)N1. The summed E-state index contributed by atoms with van der Waals surface area (Å²) in [5.41, 5.74) is 0.792. The zero-order chi connectivity index (χ0) is 11.7. The van der Waals surface area contributed by atoms with Crippen molar-refractivity contribution in [2.75, 3.05) is 5.75 Å². The molecule has 0 aromatic heterocycles. The molecule has 3 nitrogen and oxygen atoms in total. The van der Waals surface area contributed by atoms with E-state index in [0.717, 1.165) is 5.56 Å². The first-order chi connectivity index (χ1) is 7.58. The minimum atomic E-state index is -0.872. The summed E-state index contributed by atoms with van der Waals surface area (Å²) in [7, 11) is 0. The van der Waals surface area contributed by atoms with E-state index >= 15 is 0 Å². The molecule has 0 bridgehead atoms. The predicted molar refractivity (Wildman–Crippen MR) is 61.2 cm³/mol. The highest BCUT2D eigenvalue weighted by molar-refractivity contribution is 7.99. The molecule has 0 saturated carbocycles. The third-order valence-corrected chi connectivity index (χ3v) is 3.88. The van der Waals surface area contributed by atoms with Crippen molar-refractivity contribution in [1.29, 1.82) is 0 Å². The summed E-state index contributed by atoms with van der Waals surface area (Å²) in [6, 6.07) is 3.86. The summed E-state index contributed by atoms with van der Waals surface area (Å²) in [6.07, 6.45) is 0. The van der Waals surface area contributed by atoms with E-state index in [1.54, 1.807) is 6.07 Å². The molecule has 2 N–H and O–H groups in total. The van der Waals surface area contributed by atoms with E-state index in [1.165, 1.54) is 23.9 Å². The van der Waals surface area contributed by atoms with Gasteiger partial charge < -0.3 is 5.11 Å². The van der Waals surface area contributed by atoms with Crippen LogP contribution in [0.15, 0.2) is 18.2 Å². The first kappa shape index (κ1) is 11.7. The number of carboxylic acids is 1. The second kappa shape index (κ2) is 4.61. The third kappa shape index (κ3) is 2.31. The Morgan fingerprint density at radius 1 is 1.62 bits per heavy atom. The van der Waals surface area contributed by atoms with Gasteiger partial charge in [0.15, 0.2) is 0 Å². The van der Waals surface area contributed by atoms with E-state index in [2.05, 4.69) is 5.32 Å². The molecular weight excluding hydrogens is 253 g/mol. The maximum atomic E-state index is 12.9. The van der Waals surface area contributed by atoms with Gasteiger partial charge in [-0.3, -0.25) is 10.1 Å². The quantitative estimate of drug-likeness (QED) is 0.858. The van der Waals surface area contributed by atoms with Gasteiger partial charge in [-0.1, -0.05) is 17.7 Å². The summed E-state index contributed by atoms with van der Waals surface area (Å²) >= 11 is 7.14. The normalized spacial score (nSPS) is 24.6. The van der Waals surface area contributed by atoms with E-state index in [4.69, 9.17) is 16.7 Å². The fraction of sp³-hybridized carbons (Fsp3) is 0.300. The summed E-state index contributed by atoms with van der Waals surface area (Å²) in [5, 5.41) is 11.7. The lowest BCUT2D eigenvalue weighted by Crippen LogP contribution is -2.33. The van der Waals surface area contributed by atoms with Crippen LogP contribution in [0.25, 0.3) is 0 Å². The number of rotatable bonds is 2. The highest BCUT2D eigenvalue weighted by atomic mass is 35.5. The maximum absolute atomic E-state index is 12.9. The Kier molecular flexibility index (Phi) is 3.37. The Morgan fingerprint density at radius 2 is 2.38 bits per heavy atom. The molecule has 1 aliphatic heterocycles. The lowest BCUT2D eigenvalue weighted by molar-refractivity contribution is -0.138. The monoisotopic (exact) mass is 261 g/mol. The van der Waals surface area contributed by atoms with Crippen LogP contribution in [0.5, 0.6) is 0 Å². The van der Waals surface area contributed by atoms with E-state index in [0.29, 0.717) is 5.75 Å². The lowest BCUT2D eigenvalue weighted by Gasteiger charge is -2.11. The third-order valence-electron chi connectivity index (χ3n) is 2.33. The van der Waals surface area contributed by atoms with Crippen molar-refractivity contribution in [3.05, 3.63) is 34.6 Å². The van der Waals surface area contributed by atoms with Crippen molar-refractivity contribution in [2.24, 2.45) is 0 Å². The second-order valence-electron chi connectivity index (χ2n) is 3.44. The molecule has 1 aromatic rings. The van der Waals surface area contributed by atoms with E-state index in [1.807, 2.05) is 0 Å². The largest absolute Gasteiger partial charge is 0.480 e. The molecule has 1 saturated heterocycles. The molecule has 1 heterocycles. The summed E-state index contributed by atoms with van der Waals surface area (Å²) in [4.78, 5) is 10.7. The van der Waals surface area contributed by atoms with Gasteiger partial charge in [0.25, 0.3) is 0 Å². The van der Waals surface area contributed by atoms with Crippen LogP contribution in [0.3, 0.4) is 0 Å². The van der Waals surface area contributed by atoms with E-state index in [9.17, 15) is 9.18 Å². The Morgan fingerprint density at radius 3 is 2.94 bits per heavy atom. The topological polar surface area (TPSA) is 49.3 Å². The highest BCUT2D eigenvalue weighted by Gasteiger charge is 2.30. The molecule has 0 radical (unpaired) electrons. The Labute approximate surface area is 101 Å². The maximum Gasteiger partial charge on any atom is 0.321 e. The Bertz CT molecular complexity index is 429. The van der Waals surface area contributed by atoms with Gasteiger partial charge in [-0.05, 0) is 17.7 Å². The van der Waals surface area contributed by atoms with Crippen LogP contribution in [0.2, 0.25) is 5.02 Å². The minimum absolute atomic E-state index is 0.0543. The summed E-state index contributed by atoms with van der Waals surface area (Å²) < 4.78 is 12.9. The second-order valence-corrected chi connectivity index (χ2v) is 4.99. The van der Waals surface area contributed by atoms with E-state index in [-0.39, 0.29) is 10.4 Å². The summed E-state index contributed by atoms with van der Waals surface area (Å²) in [6.45, 7) is 0. The number of halogens is 2. The van der Waals surface area contributed by atoms with Crippen molar-refractivity contribution in [1.82, 2.24) is 5.32 Å². The van der Waals surface area contributed by atoms with Gasteiger partial charge in [-0.2, -0.15) is 0 Å². The van der Waals surface area contributed by atoms with Crippen LogP contribution in [0.1, 0.15) is 10.9 Å². The molecule has 16 heavy (non-hydrogen) atoms. The molecule has 2 atom stereocenters. The number of hydrogen-bond donors (Lipinski definition) is 2. The fourth-order valence-electron chi connectivity index (χ4n) is 1.48. The van der Waals surface area contributed by atoms with Gasteiger partial charge in [-0.15, -0.1) is 11.8 Å². The molecule has 0 amide bonds. The zero-order valence-electron chi connectivity index (χ0n) is 8.11. The number of carbonyl (C=O) groups is 1. The minimum Gasteiger partial charge on any atom is -0.480 e. The molecular formula is C10H9ClFNO2S. The summed E-state index contributed by atoms with van der Waals surface area (Å²) in [5.74, 6) is -0.846. The van der Waals surface area contributed by atoms with Gasteiger partial charge >= 0.3 is 5.97 Å². The van der Waals surface area contributed by atoms with Crippen LogP contribution in [0, 0.1) is 5.82 Å². The zero-order valence-corrected chi connectivity index (χ0v) is 9.69. The Hall–Kier alpha value is -0.780. The van der Waals surface area contributed by atoms with Gasteiger partial charge in [0, 0.05) is 5.75 Å². The van der Waals surface area contributed by atoms with Crippen LogP contribution in [-0.4, -0.2) is 22.9 Å². The van der Waals surface area contributed by atoms with Gasteiger partial charge in [-0.25, -0.2) is 4.39 Å². The standard InChI is InChI=1S/C10H9ClFNO2S/c11-6-3-5(1-2-7(6)12)9-13-8(4-16-9)10(14)15/h1-3,8-9,13H,4H2,(H,14,15). The number of aliphatic carboxylic acids is 1. The molecule has 0 aliphatic carbocycles. The van der Waals surface area contributed by atoms with Gasteiger partial charge in [0.1, 0.15) is 11.9 Å². The number of carboxylic acid groups (broad SMARTS) is 1. The predicted octanol–water partition coefficient (Wildman–Crippen LogP) is 2.27. The van der Waals surface area contributed by atoms with Crippen molar-refractivity contribution in [3.63, 3.8) is 0 Å². The van der Waals surface area contributed by atoms with Crippen molar-refractivity contribution >= 4 is 29.3 Å². The number of benzene rings is 1. The fourth-order valence-corrected chi connectivity index (χ4v) is 2.89. The number of hydrogen-bond acceptors (Lipinski definition) is 3. The average molecular weight is 262 g/mol. The van der Waals surface area contributed by atoms with Crippen molar-refractivity contribution in [2.45, 2.75) is 11.4 Å². The van der Waals surface area contributed by atoms with E-state index < -0.39 is 17.8 Å². The average Bonchev–Trinajstić information content (AvgIpc) is 2.71. The molecule has 86 valence electrons. The molecule has 0 spiro atoms. The first-order valence-electron chi connectivity index (χ1n) is 4.63. The van der Waals surface area contributed by atoms with Crippen molar-refractivity contribution in [3.8, 4) is 0 Å². The lowest BCUT2D eigenvalue weighted by atomic mass is 10.2. The van der Waals surface area contributed by atoms with Crippen LogP contribution in [-0.2, 0) is 4.79 Å². The van der Waals surface area contributed by atoms with Crippen molar-refractivity contribution < 1.29 is 14.3 Å². The highest BCUT2D eigenvalue weighted by Crippen LogP contribution is 2.34. The van der Waals surface area contributed by atoms with Crippen LogP contribution < -0.4 is 5.32 Å².